The fraction of sp³-hybridized carbons (Fsp3) is 0.136. The van der Waals surface area contributed by atoms with E-state index in [4.69, 9.17) is 15.6 Å². The number of hydrogen-bond acceptors (Lipinski definition) is 4. The smallest absolute Gasteiger partial charge is 0.341 e. The lowest BCUT2D eigenvalue weighted by molar-refractivity contribution is -0.139. The van der Waals surface area contributed by atoms with Crippen LogP contribution in [0.3, 0.4) is 0 Å². The average molecular weight is 390 g/mol. The number of aliphatic carboxylic acids is 1. The molecule has 0 bridgehead atoms. The number of carbonyl (C=O) groups excluding carboxylic acids is 2. The molecule has 2 heterocycles. The molecule has 1 aliphatic rings. The maximum Gasteiger partial charge on any atom is 0.341 e. The van der Waals surface area contributed by atoms with Crippen LogP contribution in [-0.4, -0.2) is 33.8 Å². The zero-order chi connectivity index (χ0) is 20.5. The van der Waals surface area contributed by atoms with E-state index in [0.29, 0.717) is 23.9 Å². The zero-order valence-electron chi connectivity index (χ0n) is 15.4. The molecule has 0 saturated carbocycles. The Bertz CT molecular complexity index is 1170. The highest BCUT2D eigenvalue weighted by atomic mass is 16.5. The van der Waals surface area contributed by atoms with E-state index in [1.54, 1.807) is 22.7 Å². The van der Waals surface area contributed by atoms with Crippen LogP contribution in [0.25, 0.3) is 11.1 Å². The number of Topliss-reactive ketones (excluding diaryl/α,β-unsaturated/α-hetero) is 1. The van der Waals surface area contributed by atoms with Crippen molar-refractivity contribution in [3.63, 3.8) is 0 Å². The van der Waals surface area contributed by atoms with Crippen molar-refractivity contribution >= 4 is 28.7 Å². The highest BCUT2D eigenvalue weighted by Crippen LogP contribution is 2.40. The van der Waals surface area contributed by atoms with Crippen LogP contribution < -0.4 is 10.5 Å². The molecule has 29 heavy (non-hydrogen) atoms. The van der Waals surface area contributed by atoms with Crippen LogP contribution in [0.2, 0.25) is 0 Å². The second kappa shape index (κ2) is 7.27. The number of aromatic nitrogens is 1. The third-order valence-corrected chi connectivity index (χ3v) is 4.91. The van der Waals surface area contributed by atoms with Gasteiger partial charge in [-0.3, -0.25) is 9.59 Å². The van der Waals surface area contributed by atoms with Gasteiger partial charge in [-0.2, -0.15) is 0 Å². The number of carboxylic acids is 1. The minimum Gasteiger partial charge on any atom is -0.480 e. The van der Waals surface area contributed by atoms with Gasteiger partial charge in [0, 0.05) is 11.8 Å². The summed E-state index contributed by atoms with van der Waals surface area (Å²) < 4.78 is 7.20. The number of nitrogens with zero attached hydrogens (tertiary/aromatic N) is 1. The van der Waals surface area contributed by atoms with Gasteiger partial charge in [0.2, 0.25) is 0 Å². The Labute approximate surface area is 166 Å². The Morgan fingerprint density at radius 3 is 2.55 bits per heavy atom. The Morgan fingerprint density at radius 1 is 1.10 bits per heavy atom. The molecule has 0 saturated heterocycles. The minimum atomic E-state index is -1.14. The number of hydrogen-bond donors (Lipinski definition) is 2. The van der Waals surface area contributed by atoms with Gasteiger partial charge in [-0.15, -0.1) is 0 Å². The predicted molar refractivity (Wildman–Crippen MR) is 106 cm³/mol. The number of fused-ring (bicyclic) bond motifs is 3. The van der Waals surface area contributed by atoms with Crippen LogP contribution in [0.1, 0.15) is 33.6 Å². The van der Waals surface area contributed by atoms with Crippen LogP contribution >= 0.6 is 0 Å². The number of ketones is 1. The number of allylic oxidation sites excluding steroid dienone is 1. The Balaban J connectivity index is 2.02. The average Bonchev–Trinajstić information content (AvgIpc) is 3.07. The number of nitrogens with two attached hydrogens (primary N) is 1. The summed E-state index contributed by atoms with van der Waals surface area (Å²) in [6, 6.07) is 13.0. The molecule has 1 amide bonds. The fourth-order valence-corrected chi connectivity index (χ4v) is 3.81. The lowest BCUT2D eigenvalue weighted by atomic mass is 9.89. The molecule has 4 rings (SSSR count). The fourth-order valence-electron chi connectivity index (χ4n) is 3.81. The first-order chi connectivity index (χ1) is 14.0. The zero-order valence-corrected chi connectivity index (χ0v) is 15.4. The third-order valence-electron chi connectivity index (χ3n) is 4.91. The first-order valence-electron chi connectivity index (χ1n) is 9.09. The van der Waals surface area contributed by atoms with Crippen LogP contribution in [0.5, 0.6) is 5.75 Å². The number of pyridine rings is 1. The van der Waals surface area contributed by atoms with Gasteiger partial charge in [-0.25, -0.2) is 4.79 Å². The molecule has 7 heteroatoms. The van der Waals surface area contributed by atoms with E-state index >= 15 is 0 Å². The summed E-state index contributed by atoms with van der Waals surface area (Å²) in [5, 5.41) is 8.98. The Hall–Kier alpha value is -3.87. The molecular formula is C22H18N2O5. The highest BCUT2D eigenvalue weighted by Gasteiger charge is 2.31. The monoisotopic (exact) mass is 390 g/mol. The summed E-state index contributed by atoms with van der Waals surface area (Å²) in [4.78, 5) is 35.5. The largest absolute Gasteiger partial charge is 0.480 e. The maximum atomic E-state index is 12.7. The molecule has 0 spiro atoms. The molecule has 0 fully saturated rings. The van der Waals surface area contributed by atoms with Crippen molar-refractivity contribution in [2.75, 3.05) is 6.61 Å². The predicted octanol–water partition coefficient (Wildman–Crippen LogP) is 2.45. The van der Waals surface area contributed by atoms with Gasteiger partial charge in [-0.1, -0.05) is 36.4 Å². The number of carboxylic acid groups (broad SMARTS) is 1. The molecule has 3 aromatic rings. The van der Waals surface area contributed by atoms with E-state index in [0.717, 1.165) is 16.8 Å². The Morgan fingerprint density at radius 2 is 1.86 bits per heavy atom. The summed E-state index contributed by atoms with van der Waals surface area (Å²) in [5.41, 5.74) is 9.25. The van der Waals surface area contributed by atoms with Crippen molar-refractivity contribution in [1.82, 2.24) is 4.40 Å². The third kappa shape index (κ3) is 3.16. The number of primary amides is 1. The summed E-state index contributed by atoms with van der Waals surface area (Å²) >= 11 is 0. The molecular weight excluding hydrogens is 372 g/mol. The highest BCUT2D eigenvalue weighted by molar-refractivity contribution is 6.44. The molecule has 0 aliphatic heterocycles. The summed E-state index contributed by atoms with van der Waals surface area (Å²) in [5.74, 6) is -2.81. The second-order valence-corrected chi connectivity index (χ2v) is 6.69. The van der Waals surface area contributed by atoms with E-state index in [2.05, 4.69) is 6.08 Å². The quantitative estimate of drug-likeness (QED) is 0.496. The molecule has 1 aliphatic carbocycles. The van der Waals surface area contributed by atoms with Gasteiger partial charge in [0.25, 0.3) is 11.7 Å². The van der Waals surface area contributed by atoms with Crippen LogP contribution in [0.15, 0.2) is 54.7 Å². The topological polar surface area (TPSA) is 111 Å². The van der Waals surface area contributed by atoms with Crippen molar-refractivity contribution in [3.05, 3.63) is 77.1 Å². The van der Waals surface area contributed by atoms with Crippen molar-refractivity contribution in [2.24, 2.45) is 5.73 Å². The first kappa shape index (κ1) is 18.5. The maximum absolute atomic E-state index is 12.7. The molecule has 146 valence electrons. The van der Waals surface area contributed by atoms with E-state index in [9.17, 15) is 14.4 Å². The number of ether oxygens (including phenoxy) is 1. The van der Waals surface area contributed by atoms with Crippen LogP contribution in [0, 0.1) is 0 Å². The van der Waals surface area contributed by atoms with Crippen LogP contribution in [-0.2, 0) is 16.0 Å². The van der Waals surface area contributed by atoms with Crippen molar-refractivity contribution in [2.45, 2.75) is 12.8 Å². The number of amides is 1. The lowest BCUT2D eigenvalue weighted by Crippen LogP contribution is -2.24. The van der Waals surface area contributed by atoms with Crippen molar-refractivity contribution < 1.29 is 24.2 Å². The van der Waals surface area contributed by atoms with Crippen molar-refractivity contribution in [3.8, 4) is 5.75 Å². The van der Waals surface area contributed by atoms with E-state index in [1.807, 2.05) is 30.3 Å². The van der Waals surface area contributed by atoms with Gasteiger partial charge in [0.15, 0.2) is 6.61 Å². The summed E-state index contributed by atoms with van der Waals surface area (Å²) in [6.07, 6.45) is 5.10. The lowest BCUT2D eigenvalue weighted by Gasteiger charge is -2.16. The minimum absolute atomic E-state index is 0.176. The molecule has 0 unspecified atom stereocenters. The normalized spacial score (nSPS) is 12.9. The molecule has 0 radical (unpaired) electrons. The van der Waals surface area contributed by atoms with E-state index < -0.39 is 24.3 Å². The summed E-state index contributed by atoms with van der Waals surface area (Å²) in [6.45, 7) is -0.568. The van der Waals surface area contributed by atoms with Gasteiger partial charge in [-0.05, 0) is 36.1 Å². The molecule has 1 aromatic carbocycles. The first-order valence-corrected chi connectivity index (χ1v) is 9.09. The van der Waals surface area contributed by atoms with E-state index in [-0.39, 0.29) is 11.3 Å². The molecule has 7 nitrogen and oxygen atoms in total. The van der Waals surface area contributed by atoms with E-state index in [1.165, 1.54) is 0 Å². The number of carbonyl (C=O) groups is 3. The van der Waals surface area contributed by atoms with Crippen molar-refractivity contribution in [1.29, 1.82) is 0 Å². The number of benzene rings is 1. The van der Waals surface area contributed by atoms with Crippen LogP contribution in [0.4, 0.5) is 0 Å². The van der Waals surface area contributed by atoms with Gasteiger partial charge >= 0.3 is 5.97 Å². The molecule has 2 aromatic heterocycles. The molecule has 3 N–H and O–H groups in total. The van der Waals surface area contributed by atoms with Gasteiger partial charge < -0.3 is 20.0 Å². The van der Waals surface area contributed by atoms with Gasteiger partial charge in [0.05, 0.1) is 16.8 Å². The number of rotatable bonds is 6. The van der Waals surface area contributed by atoms with Gasteiger partial charge in [0.1, 0.15) is 5.75 Å². The standard InChI is InChI=1S/C22H18N2O5/c23-22(28)21(27)18-15-9-4-8-14(13-6-2-1-3-7-13)19(15)24-11-5-10-16(20(18)24)29-12-17(25)26/h1-3,5-8,10-11H,4,9,12H2,(H2,23,28)(H,25,26). The summed E-state index contributed by atoms with van der Waals surface area (Å²) in [7, 11) is 0. The Kier molecular flexibility index (Phi) is 4.64. The molecule has 0 atom stereocenters. The second-order valence-electron chi connectivity index (χ2n) is 6.69. The SMILES string of the molecule is NC(=O)C(=O)c1c2c(n3cccc(OCC(=O)O)c13)C(c1ccccc1)=CCC2.